The topological polar surface area (TPSA) is 72.7 Å². The van der Waals surface area contributed by atoms with Gasteiger partial charge in [-0.3, -0.25) is 14.3 Å². The van der Waals surface area contributed by atoms with Crippen molar-refractivity contribution in [2.75, 3.05) is 12.3 Å². The zero-order chi connectivity index (χ0) is 20.8. The lowest BCUT2D eigenvalue weighted by molar-refractivity contribution is -0.118. The van der Waals surface area contributed by atoms with E-state index in [-0.39, 0.29) is 17.5 Å². The number of hydrogen-bond donors (Lipinski definition) is 1. The van der Waals surface area contributed by atoms with E-state index in [1.807, 2.05) is 16.7 Å². The van der Waals surface area contributed by atoms with Crippen LogP contribution in [0.4, 0.5) is 4.39 Å². The molecule has 1 aromatic carbocycles. The Labute approximate surface area is 179 Å². The fourth-order valence-corrected chi connectivity index (χ4v) is 4.49. The number of pyridine rings is 1. The third kappa shape index (κ3) is 5.05. The normalized spacial score (nSPS) is 14.6. The van der Waals surface area contributed by atoms with Crippen molar-refractivity contribution < 1.29 is 9.18 Å². The summed E-state index contributed by atoms with van der Waals surface area (Å²) >= 11 is 1.32. The van der Waals surface area contributed by atoms with Gasteiger partial charge in [-0.2, -0.15) is 0 Å². The van der Waals surface area contributed by atoms with E-state index >= 15 is 0 Å². The Balaban J connectivity index is 1.49. The third-order valence-electron chi connectivity index (χ3n) is 5.30. The fraction of sp³-hybridized carbons (Fsp3) is 0.364. The summed E-state index contributed by atoms with van der Waals surface area (Å²) in [4.78, 5) is 16.4. The molecule has 0 spiro atoms. The molecule has 8 heteroatoms. The lowest BCUT2D eigenvalue weighted by atomic mass is 9.89. The standard InChI is InChI=1S/C22H24FN5OS/c23-18-6-8-19(9-7-18)28-21(17-10-12-24-13-11-17)26-27-22(28)30-15-20(29)25-14-16-4-2-1-3-5-16/h6-13,16H,1-5,14-15H2,(H,25,29). The summed E-state index contributed by atoms with van der Waals surface area (Å²) in [5.41, 5.74) is 1.58. The molecule has 1 aliphatic carbocycles. The quantitative estimate of drug-likeness (QED) is 0.573. The summed E-state index contributed by atoms with van der Waals surface area (Å²) in [5.74, 6) is 1.14. The van der Waals surface area contributed by atoms with Crippen LogP contribution in [0, 0.1) is 11.7 Å². The maximum absolute atomic E-state index is 13.4. The van der Waals surface area contributed by atoms with Crippen LogP contribution in [0.3, 0.4) is 0 Å². The molecule has 1 aliphatic rings. The molecule has 0 atom stereocenters. The number of amides is 1. The van der Waals surface area contributed by atoms with Crippen LogP contribution in [0.5, 0.6) is 0 Å². The van der Waals surface area contributed by atoms with Crippen LogP contribution in [0.25, 0.3) is 17.1 Å². The number of rotatable bonds is 7. The third-order valence-corrected chi connectivity index (χ3v) is 6.23. The number of nitrogens with one attached hydrogen (secondary N) is 1. The van der Waals surface area contributed by atoms with E-state index in [0.717, 1.165) is 17.8 Å². The van der Waals surface area contributed by atoms with Gasteiger partial charge in [-0.25, -0.2) is 4.39 Å². The van der Waals surface area contributed by atoms with E-state index in [0.29, 0.717) is 16.9 Å². The molecule has 0 radical (unpaired) electrons. The molecule has 0 saturated heterocycles. The van der Waals surface area contributed by atoms with Gasteiger partial charge in [0.1, 0.15) is 5.82 Å². The monoisotopic (exact) mass is 425 g/mol. The van der Waals surface area contributed by atoms with Crippen molar-refractivity contribution >= 4 is 17.7 Å². The zero-order valence-electron chi connectivity index (χ0n) is 16.6. The summed E-state index contributed by atoms with van der Waals surface area (Å²) in [6.45, 7) is 0.742. The Morgan fingerprint density at radius 3 is 2.53 bits per heavy atom. The second kappa shape index (κ2) is 9.84. The Morgan fingerprint density at radius 1 is 1.07 bits per heavy atom. The van der Waals surface area contributed by atoms with Gasteiger partial charge in [-0.05, 0) is 55.2 Å². The maximum atomic E-state index is 13.4. The van der Waals surface area contributed by atoms with Gasteiger partial charge in [-0.15, -0.1) is 10.2 Å². The summed E-state index contributed by atoms with van der Waals surface area (Å²) in [6, 6.07) is 9.84. The number of benzene rings is 1. The molecule has 0 bridgehead atoms. The number of nitrogens with zero attached hydrogens (tertiary/aromatic N) is 4. The number of hydrogen-bond acceptors (Lipinski definition) is 5. The number of carbonyl (C=O) groups excluding carboxylic acids is 1. The summed E-state index contributed by atoms with van der Waals surface area (Å²) in [7, 11) is 0. The Hall–Kier alpha value is -2.74. The van der Waals surface area contributed by atoms with Crippen molar-refractivity contribution in [3.05, 3.63) is 54.6 Å². The van der Waals surface area contributed by atoms with E-state index in [4.69, 9.17) is 0 Å². The molecule has 4 rings (SSSR count). The van der Waals surface area contributed by atoms with Crippen LogP contribution in [0.2, 0.25) is 0 Å². The largest absolute Gasteiger partial charge is 0.355 e. The number of thioether (sulfide) groups is 1. The predicted octanol–water partition coefficient (Wildman–Crippen LogP) is 4.26. The van der Waals surface area contributed by atoms with Crippen molar-refractivity contribution in [2.45, 2.75) is 37.3 Å². The molecule has 3 aromatic rings. The van der Waals surface area contributed by atoms with Crippen LogP contribution < -0.4 is 5.32 Å². The van der Waals surface area contributed by atoms with Gasteiger partial charge in [0.15, 0.2) is 11.0 Å². The predicted molar refractivity (Wildman–Crippen MR) is 115 cm³/mol. The molecule has 156 valence electrons. The highest BCUT2D eigenvalue weighted by Crippen LogP contribution is 2.28. The average molecular weight is 426 g/mol. The highest BCUT2D eigenvalue weighted by molar-refractivity contribution is 7.99. The maximum Gasteiger partial charge on any atom is 0.230 e. The van der Waals surface area contributed by atoms with Crippen molar-refractivity contribution in [2.24, 2.45) is 5.92 Å². The van der Waals surface area contributed by atoms with Crippen molar-refractivity contribution in [1.29, 1.82) is 0 Å². The summed E-state index contributed by atoms with van der Waals surface area (Å²) in [5, 5.41) is 12.3. The van der Waals surface area contributed by atoms with Gasteiger partial charge in [0.25, 0.3) is 0 Å². The highest BCUT2D eigenvalue weighted by atomic mass is 32.2. The lowest BCUT2D eigenvalue weighted by Crippen LogP contribution is -2.31. The van der Waals surface area contributed by atoms with Crippen molar-refractivity contribution in [1.82, 2.24) is 25.1 Å². The van der Waals surface area contributed by atoms with Crippen LogP contribution in [-0.4, -0.2) is 38.0 Å². The minimum Gasteiger partial charge on any atom is -0.355 e. The minimum absolute atomic E-state index is 0.00955. The second-order valence-corrected chi connectivity index (χ2v) is 8.39. The first kappa shape index (κ1) is 20.5. The molecule has 0 unspecified atom stereocenters. The van der Waals surface area contributed by atoms with Gasteiger partial charge < -0.3 is 5.32 Å². The Kier molecular flexibility index (Phi) is 6.74. The van der Waals surface area contributed by atoms with Gasteiger partial charge in [0, 0.05) is 30.2 Å². The molecule has 1 N–H and O–H groups in total. The first-order valence-electron chi connectivity index (χ1n) is 10.2. The fourth-order valence-electron chi connectivity index (χ4n) is 3.70. The molecule has 2 heterocycles. The van der Waals surface area contributed by atoms with E-state index < -0.39 is 0 Å². The van der Waals surface area contributed by atoms with E-state index in [9.17, 15) is 9.18 Å². The van der Waals surface area contributed by atoms with Gasteiger partial charge in [0.05, 0.1) is 5.75 Å². The lowest BCUT2D eigenvalue weighted by Gasteiger charge is -2.21. The Bertz CT molecular complexity index is 971. The van der Waals surface area contributed by atoms with Crippen molar-refractivity contribution in [3.8, 4) is 17.1 Å². The summed E-state index contributed by atoms with van der Waals surface area (Å²) in [6.07, 6.45) is 9.58. The molecule has 1 saturated carbocycles. The molecule has 1 fully saturated rings. The SMILES string of the molecule is O=C(CSc1nnc(-c2ccncc2)n1-c1ccc(F)cc1)NCC1CCCCC1. The van der Waals surface area contributed by atoms with Gasteiger partial charge >= 0.3 is 0 Å². The molecular formula is C22H24FN5OS. The average Bonchev–Trinajstić information content (AvgIpc) is 3.22. The van der Waals surface area contributed by atoms with E-state index in [1.54, 1.807) is 24.5 Å². The zero-order valence-corrected chi connectivity index (χ0v) is 17.4. The molecule has 30 heavy (non-hydrogen) atoms. The van der Waals surface area contributed by atoms with Crippen LogP contribution in [0.15, 0.2) is 53.9 Å². The van der Waals surface area contributed by atoms with Crippen LogP contribution in [-0.2, 0) is 4.79 Å². The second-order valence-electron chi connectivity index (χ2n) is 7.45. The minimum atomic E-state index is -0.312. The Morgan fingerprint density at radius 2 is 1.80 bits per heavy atom. The molecule has 0 aliphatic heterocycles. The number of carbonyl (C=O) groups is 1. The molecule has 2 aromatic heterocycles. The van der Waals surface area contributed by atoms with Gasteiger partial charge in [0.2, 0.25) is 5.91 Å². The first-order valence-corrected chi connectivity index (χ1v) is 11.2. The number of halogens is 1. The smallest absolute Gasteiger partial charge is 0.230 e. The van der Waals surface area contributed by atoms with E-state index in [2.05, 4.69) is 20.5 Å². The molecule has 1 amide bonds. The van der Waals surface area contributed by atoms with Gasteiger partial charge in [-0.1, -0.05) is 31.0 Å². The van der Waals surface area contributed by atoms with Crippen molar-refractivity contribution in [3.63, 3.8) is 0 Å². The first-order chi connectivity index (χ1) is 14.7. The summed E-state index contributed by atoms with van der Waals surface area (Å²) < 4.78 is 15.3. The number of aromatic nitrogens is 4. The molecular weight excluding hydrogens is 401 g/mol. The van der Waals surface area contributed by atoms with Crippen LogP contribution in [0.1, 0.15) is 32.1 Å². The highest BCUT2D eigenvalue weighted by Gasteiger charge is 2.18. The molecule has 6 nitrogen and oxygen atoms in total. The van der Waals surface area contributed by atoms with Crippen LogP contribution >= 0.6 is 11.8 Å². The van der Waals surface area contributed by atoms with E-state index in [1.165, 1.54) is 56.0 Å².